The Hall–Kier alpha value is -2.34. The van der Waals surface area contributed by atoms with Gasteiger partial charge in [0, 0.05) is 5.56 Å². The molecule has 1 heterocycles. The van der Waals surface area contributed by atoms with E-state index in [1.165, 1.54) is 32.1 Å². The average molecular weight is 308 g/mol. The van der Waals surface area contributed by atoms with Gasteiger partial charge in [-0.05, 0) is 55.2 Å². The molecule has 0 unspecified atom stereocenters. The van der Waals surface area contributed by atoms with Gasteiger partial charge in [0.1, 0.15) is 11.4 Å². The van der Waals surface area contributed by atoms with Crippen molar-refractivity contribution < 1.29 is 4.74 Å². The maximum atomic E-state index is 5.13. The number of ether oxygens (including phenoxy) is 1. The van der Waals surface area contributed by atoms with Crippen LogP contribution in [0, 0.1) is 11.8 Å². The van der Waals surface area contributed by atoms with Crippen LogP contribution in [0.15, 0.2) is 36.4 Å². The molecular weight excluding hydrogens is 284 g/mol. The van der Waals surface area contributed by atoms with Crippen LogP contribution in [0.3, 0.4) is 0 Å². The first-order valence-corrected chi connectivity index (χ1v) is 8.30. The van der Waals surface area contributed by atoms with E-state index >= 15 is 0 Å². The zero-order chi connectivity index (χ0) is 16.3. The lowest BCUT2D eigenvalue weighted by Gasteiger charge is -2.00. The van der Waals surface area contributed by atoms with Gasteiger partial charge < -0.3 is 4.74 Å². The van der Waals surface area contributed by atoms with Gasteiger partial charge in [-0.3, -0.25) is 0 Å². The van der Waals surface area contributed by atoms with E-state index in [1.807, 2.05) is 36.4 Å². The van der Waals surface area contributed by atoms with Crippen molar-refractivity contribution in [2.45, 2.75) is 45.4 Å². The van der Waals surface area contributed by atoms with Gasteiger partial charge in [-0.25, -0.2) is 0 Å². The molecule has 1 aromatic heterocycles. The molecule has 1 aromatic carbocycles. The number of aryl methyl sites for hydroxylation is 1. The molecule has 0 saturated heterocycles. The van der Waals surface area contributed by atoms with Crippen LogP contribution in [-0.4, -0.2) is 17.3 Å². The van der Waals surface area contributed by atoms with Crippen molar-refractivity contribution in [1.29, 1.82) is 0 Å². The number of aromatic nitrogens is 2. The van der Waals surface area contributed by atoms with Crippen molar-refractivity contribution in [2.24, 2.45) is 0 Å². The highest BCUT2D eigenvalue weighted by Gasteiger charge is 1.97. The van der Waals surface area contributed by atoms with E-state index < -0.39 is 0 Å². The largest absolute Gasteiger partial charge is 0.497 e. The van der Waals surface area contributed by atoms with Crippen LogP contribution in [0.1, 0.15) is 56.0 Å². The zero-order valence-corrected chi connectivity index (χ0v) is 14.0. The summed E-state index contributed by atoms with van der Waals surface area (Å²) in [6.07, 6.45) is 7.38. The standard InChI is InChI=1S/C20H24N2O/c1-3-4-5-6-7-8-18-13-14-19(22-21-18)12-9-17-10-15-20(23-2)16-11-17/h10-11,13-16H,3-8H2,1-2H3. The molecule has 0 radical (unpaired) electrons. The number of methoxy groups -OCH3 is 1. The third-order valence-corrected chi connectivity index (χ3v) is 3.68. The van der Waals surface area contributed by atoms with Crippen LogP contribution in [-0.2, 0) is 6.42 Å². The molecule has 0 bridgehead atoms. The van der Waals surface area contributed by atoms with Crippen molar-refractivity contribution in [3.05, 3.63) is 53.3 Å². The number of rotatable bonds is 7. The molecule has 0 atom stereocenters. The summed E-state index contributed by atoms with van der Waals surface area (Å²) < 4.78 is 5.13. The smallest absolute Gasteiger partial charge is 0.136 e. The summed E-state index contributed by atoms with van der Waals surface area (Å²) in [4.78, 5) is 0. The Morgan fingerprint density at radius 3 is 2.30 bits per heavy atom. The van der Waals surface area contributed by atoms with Crippen LogP contribution in [0.5, 0.6) is 5.75 Å². The molecule has 23 heavy (non-hydrogen) atoms. The lowest BCUT2D eigenvalue weighted by molar-refractivity contribution is 0.415. The predicted octanol–water partition coefficient (Wildman–Crippen LogP) is 4.40. The molecule has 0 aliphatic carbocycles. The highest BCUT2D eigenvalue weighted by atomic mass is 16.5. The maximum Gasteiger partial charge on any atom is 0.136 e. The van der Waals surface area contributed by atoms with Gasteiger partial charge in [0.15, 0.2) is 0 Å². The van der Waals surface area contributed by atoms with E-state index in [0.717, 1.165) is 23.4 Å². The second-order valence-corrected chi connectivity index (χ2v) is 5.55. The Bertz CT molecular complexity index is 636. The summed E-state index contributed by atoms with van der Waals surface area (Å²) >= 11 is 0. The predicted molar refractivity (Wildman–Crippen MR) is 93.5 cm³/mol. The van der Waals surface area contributed by atoms with E-state index in [2.05, 4.69) is 29.0 Å². The van der Waals surface area contributed by atoms with Crippen LogP contribution in [0.25, 0.3) is 0 Å². The SMILES string of the molecule is CCCCCCCc1ccc(C#Cc2ccc(OC)cc2)nn1. The van der Waals surface area contributed by atoms with E-state index in [0.29, 0.717) is 5.69 Å². The van der Waals surface area contributed by atoms with Gasteiger partial charge in [-0.2, -0.15) is 5.10 Å². The number of hydrogen-bond donors (Lipinski definition) is 0. The Labute approximate surface area is 139 Å². The fraction of sp³-hybridized carbons (Fsp3) is 0.400. The highest BCUT2D eigenvalue weighted by molar-refractivity contribution is 5.42. The summed E-state index contributed by atoms with van der Waals surface area (Å²) in [5, 5.41) is 8.46. The Balaban J connectivity index is 1.86. The van der Waals surface area contributed by atoms with Crippen LogP contribution < -0.4 is 4.74 Å². The normalized spacial score (nSPS) is 10.0. The van der Waals surface area contributed by atoms with Gasteiger partial charge in [-0.1, -0.05) is 38.5 Å². The molecule has 0 spiro atoms. The molecule has 120 valence electrons. The lowest BCUT2D eigenvalue weighted by atomic mass is 10.1. The van der Waals surface area contributed by atoms with Crippen molar-refractivity contribution in [1.82, 2.24) is 10.2 Å². The Morgan fingerprint density at radius 2 is 1.65 bits per heavy atom. The minimum absolute atomic E-state index is 0.704. The first-order valence-electron chi connectivity index (χ1n) is 8.30. The molecule has 0 aliphatic rings. The number of benzene rings is 1. The average Bonchev–Trinajstić information content (AvgIpc) is 2.61. The molecule has 0 N–H and O–H groups in total. The molecule has 3 heteroatoms. The molecular formula is C20H24N2O. The second kappa shape index (κ2) is 9.63. The molecule has 3 nitrogen and oxygen atoms in total. The minimum Gasteiger partial charge on any atom is -0.497 e. The number of unbranched alkanes of at least 4 members (excludes halogenated alkanes) is 4. The maximum absolute atomic E-state index is 5.13. The van der Waals surface area contributed by atoms with Gasteiger partial charge in [0.25, 0.3) is 0 Å². The molecule has 2 aromatic rings. The molecule has 2 rings (SSSR count). The lowest BCUT2D eigenvalue weighted by Crippen LogP contribution is -1.95. The molecule has 0 saturated carbocycles. The Morgan fingerprint density at radius 1 is 0.870 bits per heavy atom. The van der Waals surface area contributed by atoms with Gasteiger partial charge in [0.05, 0.1) is 12.8 Å². The highest BCUT2D eigenvalue weighted by Crippen LogP contribution is 2.10. The van der Waals surface area contributed by atoms with Gasteiger partial charge in [-0.15, -0.1) is 5.10 Å². The number of hydrogen-bond acceptors (Lipinski definition) is 3. The summed E-state index contributed by atoms with van der Waals surface area (Å²) in [6, 6.07) is 11.7. The van der Waals surface area contributed by atoms with E-state index in [1.54, 1.807) is 7.11 Å². The van der Waals surface area contributed by atoms with Crippen LogP contribution >= 0.6 is 0 Å². The van der Waals surface area contributed by atoms with Crippen molar-refractivity contribution in [2.75, 3.05) is 7.11 Å². The van der Waals surface area contributed by atoms with Gasteiger partial charge >= 0.3 is 0 Å². The first-order chi connectivity index (χ1) is 11.3. The summed E-state index contributed by atoms with van der Waals surface area (Å²) in [5.41, 5.74) is 2.69. The van der Waals surface area contributed by atoms with E-state index in [-0.39, 0.29) is 0 Å². The van der Waals surface area contributed by atoms with E-state index in [4.69, 9.17) is 4.74 Å². The first kappa shape index (κ1) is 17.0. The Kier molecular flexibility index (Phi) is 7.13. The summed E-state index contributed by atoms with van der Waals surface area (Å²) in [7, 11) is 1.65. The third kappa shape index (κ3) is 6.12. The topological polar surface area (TPSA) is 35.0 Å². The fourth-order valence-electron chi connectivity index (χ4n) is 2.28. The third-order valence-electron chi connectivity index (χ3n) is 3.68. The van der Waals surface area contributed by atoms with Crippen molar-refractivity contribution in [3.8, 4) is 17.6 Å². The zero-order valence-electron chi connectivity index (χ0n) is 14.0. The summed E-state index contributed by atoms with van der Waals surface area (Å²) in [5.74, 6) is 6.97. The van der Waals surface area contributed by atoms with Crippen LogP contribution in [0.4, 0.5) is 0 Å². The van der Waals surface area contributed by atoms with Crippen molar-refractivity contribution >= 4 is 0 Å². The monoisotopic (exact) mass is 308 g/mol. The van der Waals surface area contributed by atoms with E-state index in [9.17, 15) is 0 Å². The molecule has 0 aliphatic heterocycles. The minimum atomic E-state index is 0.704. The summed E-state index contributed by atoms with van der Waals surface area (Å²) in [6.45, 7) is 2.23. The number of nitrogens with zero attached hydrogens (tertiary/aromatic N) is 2. The second-order valence-electron chi connectivity index (χ2n) is 5.55. The van der Waals surface area contributed by atoms with Crippen LogP contribution in [0.2, 0.25) is 0 Å². The quantitative estimate of drug-likeness (QED) is 0.562. The van der Waals surface area contributed by atoms with Gasteiger partial charge in [0.2, 0.25) is 0 Å². The molecule has 0 amide bonds. The van der Waals surface area contributed by atoms with Crippen molar-refractivity contribution in [3.63, 3.8) is 0 Å². The fourth-order valence-corrected chi connectivity index (χ4v) is 2.28. The molecule has 0 fully saturated rings.